The molecule has 6 heteroatoms. The van der Waals surface area contributed by atoms with Crippen molar-refractivity contribution in [3.63, 3.8) is 0 Å². The second kappa shape index (κ2) is 3.80. The van der Waals surface area contributed by atoms with Crippen molar-refractivity contribution in [2.45, 2.75) is 3.79 Å². The van der Waals surface area contributed by atoms with E-state index in [0.29, 0.717) is 0 Å². The minimum Gasteiger partial charge on any atom is -0.545 e. The molecule has 0 aromatic heterocycles. The van der Waals surface area contributed by atoms with Gasteiger partial charge in [-0.3, -0.25) is 0 Å². The molecule has 0 radical (unpaired) electrons. The van der Waals surface area contributed by atoms with E-state index >= 15 is 0 Å². The largest absolute Gasteiger partial charge is 1.00 e. The molecule has 0 saturated heterocycles. The third-order valence-corrected chi connectivity index (χ3v) is 0.694. The second-order valence-electron chi connectivity index (χ2n) is 0.785. The summed E-state index contributed by atoms with van der Waals surface area (Å²) in [6.45, 7) is 0. The quantitative estimate of drug-likeness (QED) is 0.434. The average Bonchev–Trinajstić information content (AvgIpc) is 1.31. The Kier molecular flexibility index (Phi) is 5.53. The maximum absolute atomic E-state index is 9.51. The summed E-state index contributed by atoms with van der Waals surface area (Å²) < 4.78 is -2.28. The van der Waals surface area contributed by atoms with Crippen molar-refractivity contribution < 1.29 is 27.0 Å². The van der Waals surface area contributed by atoms with Crippen LogP contribution in [0.1, 0.15) is 0 Å². The van der Waals surface area contributed by atoms with Crippen LogP contribution in [0, 0.1) is 0 Å². The normalized spacial score (nSPS) is 9.88. The van der Waals surface area contributed by atoms with Crippen LogP contribution >= 0.6 is 34.8 Å². The van der Waals surface area contributed by atoms with E-state index in [1.54, 1.807) is 0 Å². The number of aliphatic carboxylic acids is 1. The molecule has 0 amide bonds. The fraction of sp³-hybridized carbons (Fsp3) is 0.500. The number of carboxylic acids is 1. The number of rotatable bonds is 0. The van der Waals surface area contributed by atoms with E-state index in [1.165, 1.54) is 0 Å². The second-order valence-corrected chi connectivity index (χ2v) is 3.07. The van der Waals surface area contributed by atoms with Gasteiger partial charge in [0, 0.05) is 0 Å². The van der Waals surface area contributed by atoms with Crippen molar-refractivity contribution in [3.8, 4) is 0 Å². The molecule has 0 unspecified atom stereocenters. The SMILES string of the molecule is O=C([O-])C(Cl)(Cl)Cl.[Cu+]. The summed E-state index contributed by atoms with van der Waals surface area (Å²) >= 11 is 14.2. The molecule has 0 fully saturated rings. The zero-order valence-electron chi connectivity index (χ0n) is 3.25. The molecule has 0 rings (SSSR count). The molecule has 0 aromatic carbocycles. The number of halogens is 3. The molecule has 0 N–H and O–H groups in total. The van der Waals surface area contributed by atoms with Crippen LogP contribution in [0.3, 0.4) is 0 Å². The predicted octanol–water partition coefficient (Wildman–Crippen LogP) is 0.104. The molecule has 0 heterocycles. The van der Waals surface area contributed by atoms with Gasteiger partial charge < -0.3 is 9.90 Å². The van der Waals surface area contributed by atoms with Gasteiger partial charge in [-0.2, -0.15) is 0 Å². The summed E-state index contributed by atoms with van der Waals surface area (Å²) in [6, 6.07) is 0. The Hall–Kier alpha value is 0.859. The van der Waals surface area contributed by atoms with Crippen molar-refractivity contribution in [1.82, 2.24) is 0 Å². The van der Waals surface area contributed by atoms with Crippen LogP contribution in [0.2, 0.25) is 0 Å². The summed E-state index contributed by atoms with van der Waals surface area (Å²) in [6.07, 6.45) is 0. The molecule has 0 aliphatic carbocycles. The average molecular weight is 226 g/mol. The van der Waals surface area contributed by atoms with Gasteiger partial charge in [0.1, 0.15) is 0 Å². The van der Waals surface area contributed by atoms with Crippen molar-refractivity contribution in [3.05, 3.63) is 0 Å². The number of carboxylic acid groups (broad SMARTS) is 1. The van der Waals surface area contributed by atoms with Crippen LogP contribution in [0.15, 0.2) is 0 Å². The minimum absolute atomic E-state index is 0. The first-order valence-electron chi connectivity index (χ1n) is 1.23. The number of hydrogen-bond acceptors (Lipinski definition) is 2. The molecule has 0 spiro atoms. The van der Waals surface area contributed by atoms with E-state index in [2.05, 4.69) is 0 Å². The summed E-state index contributed by atoms with van der Waals surface area (Å²) in [5.41, 5.74) is 0. The topological polar surface area (TPSA) is 40.1 Å². The van der Waals surface area contributed by atoms with E-state index in [-0.39, 0.29) is 17.1 Å². The summed E-state index contributed by atoms with van der Waals surface area (Å²) in [5.74, 6) is -1.71. The van der Waals surface area contributed by atoms with Gasteiger partial charge in [-0.15, -0.1) is 0 Å². The van der Waals surface area contributed by atoms with E-state index in [9.17, 15) is 9.90 Å². The van der Waals surface area contributed by atoms with Crippen LogP contribution in [-0.2, 0) is 21.9 Å². The minimum atomic E-state index is -2.28. The van der Waals surface area contributed by atoms with E-state index in [0.717, 1.165) is 0 Å². The van der Waals surface area contributed by atoms with Crippen molar-refractivity contribution >= 4 is 40.8 Å². The molecule has 52 valence electrons. The fourth-order valence-electron chi connectivity index (χ4n) is 0. The molecule has 0 bridgehead atoms. The molecule has 0 atom stereocenters. The number of carbonyl (C=O) groups is 1. The van der Waals surface area contributed by atoms with Gasteiger partial charge >= 0.3 is 17.1 Å². The molecular formula is C2Cl3CuO2. The van der Waals surface area contributed by atoms with Gasteiger partial charge in [0.2, 0.25) is 3.79 Å². The first-order chi connectivity index (χ1) is 2.94. The van der Waals surface area contributed by atoms with Crippen LogP contribution in [0.25, 0.3) is 0 Å². The molecule has 8 heavy (non-hydrogen) atoms. The Morgan fingerprint density at radius 1 is 1.38 bits per heavy atom. The smallest absolute Gasteiger partial charge is 0.545 e. The zero-order chi connectivity index (χ0) is 6.08. The first-order valence-corrected chi connectivity index (χ1v) is 2.36. The van der Waals surface area contributed by atoms with Crippen LogP contribution in [-0.4, -0.2) is 9.76 Å². The molecular weight excluding hydrogens is 226 g/mol. The molecule has 0 saturated carbocycles. The van der Waals surface area contributed by atoms with Gasteiger partial charge in [-0.25, -0.2) is 0 Å². The van der Waals surface area contributed by atoms with Crippen LogP contribution < -0.4 is 5.11 Å². The van der Waals surface area contributed by atoms with E-state index in [1.807, 2.05) is 0 Å². The fourth-order valence-corrected chi connectivity index (χ4v) is 0. The van der Waals surface area contributed by atoms with Crippen LogP contribution in [0.4, 0.5) is 0 Å². The maximum Gasteiger partial charge on any atom is 1.00 e. The van der Waals surface area contributed by atoms with Crippen molar-refractivity contribution in [2.75, 3.05) is 0 Å². The van der Waals surface area contributed by atoms with Crippen molar-refractivity contribution in [2.24, 2.45) is 0 Å². The number of carbonyl (C=O) groups excluding carboxylic acids is 1. The Balaban J connectivity index is 0. The van der Waals surface area contributed by atoms with E-state index < -0.39 is 9.76 Å². The van der Waals surface area contributed by atoms with Gasteiger partial charge in [0.15, 0.2) is 0 Å². The third-order valence-electron chi connectivity index (χ3n) is 0.231. The van der Waals surface area contributed by atoms with E-state index in [4.69, 9.17) is 34.8 Å². The Bertz CT molecular complexity index is 87.8. The van der Waals surface area contributed by atoms with Crippen molar-refractivity contribution in [1.29, 1.82) is 0 Å². The third kappa shape index (κ3) is 5.01. The summed E-state index contributed by atoms with van der Waals surface area (Å²) in [5, 5.41) is 9.51. The molecule has 2 nitrogen and oxygen atoms in total. The Morgan fingerprint density at radius 3 is 1.50 bits per heavy atom. The molecule has 0 aliphatic rings. The van der Waals surface area contributed by atoms with Gasteiger partial charge in [0.05, 0.1) is 5.97 Å². The summed E-state index contributed by atoms with van der Waals surface area (Å²) in [4.78, 5) is 9.51. The van der Waals surface area contributed by atoms with Gasteiger partial charge in [0.25, 0.3) is 0 Å². The maximum atomic E-state index is 9.51. The molecule has 0 aliphatic heterocycles. The zero-order valence-corrected chi connectivity index (χ0v) is 6.46. The Morgan fingerprint density at radius 2 is 1.50 bits per heavy atom. The van der Waals surface area contributed by atoms with Crippen LogP contribution in [0.5, 0.6) is 0 Å². The Labute approximate surface area is 71.6 Å². The number of alkyl halides is 3. The predicted molar refractivity (Wildman–Crippen MR) is 25.3 cm³/mol. The van der Waals surface area contributed by atoms with Gasteiger partial charge in [-0.1, -0.05) is 34.8 Å². The summed E-state index contributed by atoms with van der Waals surface area (Å²) in [7, 11) is 0. The monoisotopic (exact) mass is 224 g/mol. The number of hydrogen-bond donors (Lipinski definition) is 0. The standard InChI is InChI=1S/C2HCl3O2.Cu/c3-2(4,5)1(6)7;/h(H,6,7);/q;+1/p-1. The first kappa shape index (κ1) is 11.6. The molecule has 0 aromatic rings. The van der Waals surface area contributed by atoms with Gasteiger partial charge in [-0.05, 0) is 0 Å².